The van der Waals surface area contributed by atoms with Crippen molar-refractivity contribution in [3.63, 3.8) is 0 Å². The highest BCUT2D eigenvalue weighted by atomic mass is 35.5. The average Bonchev–Trinajstić information content (AvgIpc) is 2.25. The number of carbonyl (C=O) groups is 1. The van der Waals surface area contributed by atoms with Gasteiger partial charge in [-0.25, -0.2) is 13.4 Å². The lowest BCUT2D eigenvalue weighted by Crippen LogP contribution is -2.32. The summed E-state index contributed by atoms with van der Waals surface area (Å²) in [6, 6.07) is 1.36. The highest BCUT2D eigenvalue weighted by molar-refractivity contribution is 7.92. The second-order valence-electron chi connectivity index (χ2n) is 3.52. The minimum atomic E-state index is -3.48. The predicted molar refractivity (Wildman–Crippen MR) is 66.5 cm³/mol. The molecule has 0 saturated heterocycles. The molecule has 0 saturated carbocycles. The molecular formula is C9H12ClN3O4S. The van der Waals surface area contributed by atoms with Crippen molar-refractivity contribution in [3.05, 3.63) is 11.2 Å². The Morgan fingerprint density at radius 2 is 2.11 bits per heavy atom. The summed E-state index contributed by atoms with van der Waals surface area (Å²) in [6.45, 7) is 1.27. The van der Waals surface area contributed by atoms with Crippen molar-refractivity contribution in [2.45, 2.75) is 12.2 Å². The molecule has 0 fully saturated rings. The molecule has 18 heavy (non-hydrogen) atoms. The van der Waals surface area contributed by atoms with Crippen LogP contribution in [0.2, 0.25) is 5.15 Å². The quantitative estimate of drug-likeness (QED) is 0.812. The predicted octanol–water partition coefficient (Wildman–Crippen LogP) is 0.510. The van der Waals surface area contributed by atoms with E-state index in [1.54, 1.807) is 0 Å². The molecule has 0 aliphatic carbocycles. The summed E-state index contributed by atoms with van der Waals surface area (Å²) < 4.78 is 27.2. The number of nitrogens with zero attached hydrogens (tertiary/aromatic N) is 2. The van der Waals surface area contributed by atoms with Crippen molar-refractivity contribution in [3.8, 4) is 5.88 Å². The van der Waals surface area contributed by atoms with Gasteiger partial charge in [0, 0.05) is 12.3 Å². The Morgan fingerprint density at radius 3 is 2.61 bits per heavy atom. The van der Waals surface area contributed by atoms with Gasteiger partial charge in [-0.15, -0.1) is 0 Å². The van der Waals surface area contributed by atoms with Crippen molar-refractivity contribution in [2.24, 2.45) is 0 Å². The van der Waals surface area contributed by atoms with Crippen LogP contribution in [-0.2, 0) is 14.6 Å². The number of hydrogen-bond acceptors (Lipinski definition) is 6. The lowest BCUT2D eigenvalue weighted by molar-refractivity contribution is -0.115. The summed E-state index contributed by atoms with van der Waals surface area (Å²) >= 11 is 5.68. The maximum Gasteiger partial charge on any atom is 0.244 e. The number of methoxy groups -OCH3 is 1. The Balaban J connectivity index is 2.92. The van der Waals surface area contributed by atoms with Gasteiger partial charge in [0.15, 0.2) is 9.84 Å². The number of hydrogen-bond donors (Lipinski definition) is 1. The molecule has 0 aromatic carbocycles. The second kappa shape index (κ2) is 5.49. The van der Waals surface area contributed by atoms with Crippen molar-refractivity contribution in [1.82, 2.24) is 9.97 Å². The van der Waals surface area contributed by atoms with Crippen LogP contribution >= 0.6 is 11.6 Å². The number of amides is 1. The van der Waals surface area contributed by atoms with Crippen LogP contribution in [0.5, 0.6) is 5.88 Å². The first kappa shape index (κ1) is 14.7. The van der Waals surface area contributed by atoms with Crippen LogP contribution < -0.4 is 10.1 Å². The summed E-state index contributed by atoms with van der Waals surface area (Å²) in [5, 5.41) is 1.13. The normalized spacial score (nSPS) is 12.9. The Hall–Kier alpha value is -1.41. The number of nitrogens with one attached hydrogen (secondary N) is 1. The van der Waals surface area contributed by atoms with Crippen molar-refractivity contribution < 1.29 is 17.9 Å². The van der Waals surface area contributed by atoms with E-state index < -0.39 is 21.0 Å². The van der Waals surface area contributed by atoms with E-state index in [9.17, 15) is 13.2 Å². The minimum absolute atomic E-state index is 0.0733. The molecule has 100 valence electrons. The first-order chi connectivity index (χ1) is 8.24. The third-order valence-corrected chi connectivity index (χ3v) is 3.82. The van der Waals surface area contributed by atoms with Gasteiger partial charge in [-0.2, -0.15) is 4.98 Å². The zero-order valence-corrected chi connectivity index (χ0v) is 11.5. The number of sulfone groups is 1. The molecule has 1 N–H and O–H groups in total. The van der Waals surface area contributed by atoms with E-state index in [4.69, 9.17) is 16.3 Å². The molecule has 1 aromatic rings. The van der Waals surface area contributed by atoms with E-state index in [0.717, 1.165) is 6.26 Å². The summed E-state index contributed by atoms with van der Waals surface area (Å²) in [6.07, 6.45) is 0.969. The number of anilines is 1. The smallest absolute Gasteiger partial charge is 0.244 e. The van der Waals surface area contributed by atoms with E-state index in [2.05, 4.69) is 15.3 Å². The van der Waals surface area contributed by atoms with Crippen LogP contribution in [0.25, 0.3) is 0 Å². The number of ether oxygens (including phenoxy) is 1. The van der Waals surface area contributed by atoms with Crippen LogP contribution in [0, 0.1) is 0 Å². The zero-order valence-electron chi connectivity index (χ0n) is 9.97. The van der Waals surface area contributed by atoms with Crippen molar-refractivity contribution in [2.75, 3.05) is 18.7 Å². The fourth-order valence-electron chi connectivity index (χ4n) is 0.964. The molecule has 1 heterocycles. The SMILES string of the molecule is COc1cc(Cl)nc(NC(=O)C(C)S(C)(=O)=O)n1. The summed E-state index contributed by atoms with van der Waals surface area (Å²) in [5.41, 5.74) is 0. The molecular weight excluding hydrogens is 282 g/mol. The van der Waals surface area contributed by atoms with Gasteiger partial charge in [0.2, 0.25) is 17.7 Å². The van der Waals surface area contributed by atoms with E-state index in [0.29, 0.717) is 0 Å². The Morgan fingerprint density at radius 1 is 1.50 bits per heavy atom. The zero-order chi connectivity index (χ0) is 13.9. The van der Waals surface area contributed by atoms with Crippen molar-refractivity contribution >= 4 is 33.3 Å². The van der Waals surface area contributed by atoms with Gasteiger partial charge in [-0.3, -0.25) is 10.1 Å². The van der Waals surface area contributed by atoms with E-state index >= 15 is 0 Å². The third-order valence-electron chi connectivity index (χ3n) is 2.13. The summed E-state index contributed by atoms with van der Waals surface area (Å²) in [5.74, 6) is -0.682. The van der Waals surface area contributed by atoms with Gasteiger partial charge in [-0.1, -0.05) is 11.6 Å². The highest BCUT2D eigenvalue weighted by Gasteiger charge is 2.24. The molecule has 1 unspecified atom stereocenters. The van der Waals surface area contributed by atoms with Crippen LogP contribution in [0.3, 0.4) is 0 Å². The average molecular weight is 294 g/mol. The molecule has 1 atom stereocenters. The van der Waals surface area contributed by atoms with Gasteiger partial charge in [0.1, 0.15) is 10.4 Å². The molecule has 0 bridgehead atoms. The molecule has 1 amide bonds. The summed E-state index contributed by atoms with van der Waals surface area (Å²) in [7, 11) is -2.10. The summed E-state index contributed by atoms with van der Waals surface area (Å²) in [4.78, 5) is 19.2. The van der Waals surface area contributed by atoms with E-state index in [1.807, 2.05) is 0 Å². The van der Waals surface area contributed by atoms with Crippen molar-refractivity contribution in [1.29, 1.82) is 0 Å². The highest BCUT2D eigenvalue weighted by Crippen LogP contribution is 2.16. The Labute approximate surface area is 109 Å². The fraction of sp³-hybridized carbons (Fsp3) is 0.444. The Kier molecular flexibility index (Phi) is 4.47. The van der Waals surface area contributed by atoms with E-state index in [1.165, 1.54) is 20.1 Å². The van der Waals surface area contributed by atoms with Gasteiger partial charge < -0.3 is 4.74 Å². The fourth-order valence-corrected chi connectivity index (χ4v) is 1.58. The van der Waals surface area contributed by atoms with Crippen LogP contribution in [-0.4, -0.2) is 42.9 Å². The lowest BCUT2D eigenvalue weighted by Gasteiger charge is -2.09. The molecule has 0 aliphatic rings. The minimum Gasteiger partial charge on any atom is -0.481 e. The third kappa shape index (κ3) is 3.81. The largest absolute Gasteiger partial charge is 0.481 e. The van der Waals surface area contributed by atoms with Crippen LogP contribution in [0.1, 0.15) is 6.92 Å². The number of rotatable bonds is 4. The van der Waals surface area contributed by atoms with Gasteiger partial charge in [-0.05, 0) is 6.92 Å². The molecule has 1 rings (SSSR count). The molecule has 9 heteroatoms. The number of aromatic nitrogens is 2. The van der Waals surface area contributed by atoms with Gasteiger partial charge in [0.25, 0.3) is 0 Å². The monoisotopic (exact) mass is 293 g/mol. The lowest BCUT2D eigenvalue weighted by atomic mass is 10.4. The van der Waals surface area contributed by atoms with Gasteiger partial charge in [0.05, 0.1) is 7.11 Å². The first-order valence-electron chi connectivity index (χ1n) is 4.82. The van der Waals surface area contributed by atoms with E-state index in [-0.39, 0.29) is 17.0 Å². The molecule has 0 spiro atoms. The Bertz CT molecular complexity index is 561. The number of halogens is 1. The number of carbonyl (C=O) groups excluding carboxylic acids is 1. The molecule has 0 radical (unpaired) electrons. The second-order valence-corrected chi connectivity index (χ2v) is 6.27. The maximum absolute atomic E-state index is 11.6. The topological polar surface area (TPSA) is 98.2 Å². The van der Waals surface area contributed by atoms with Gasteiger partial charge >= 0.3 is 0 Å². The molecule has 7 nitrogen and oxygen atoms in total. The van der Waals surface area contributed by atoms with Crippen LogP contribution in [0.4, 0.5) is 5.95 Å². The maximum atomic E-state index is 11.6. The standard InChI is InChI=1S/C9H12ClN3O4S/c1-5(18(3,15)16)8(14)13-9-11-6(10)4-7(12-9)17-2/h4-5H,1-3H3,(H,11,12,13,14). The molecule has 0 aliphatic heterocycles. The van der Waals surface area contributed by atoms with Crippen LogP contribution in [0.15, 0.2) is 6.07 Å². The molecule has 1 aromatic heterocycles. The first-order valence-corrected chi connectivity index (χ1v) is 7.15.